The summed E-state index contributed by atoms with van der Waals surface area (Å²) in [6, 6.07) is 3.79. The highest BCUT2D eigenvalue weighted by molar-refractivity contribution is 5.93. The van der Waals surface area contributed by atoms with Gasteiger partial charge in [0.25, 0.3) is 0 Å². The number of nitrogens with zero attached hydrogens (tertiary/aromatic N) is 1. The number of amides is 3. The van der Waals surface area contributed by atoms with E-state index in [0.29, 0.717) is 18.4 Å². The first-order valence-electron chi connectivity index (χ1n) is 12.4. The average Bonchev–Trinajstić information content (AvgIpc) is 2.76. The number of ether oxygens (including phenoxy) is 2. The highest BCUT2D eigenvalue weighted by atomic mass is 16.6. The van der Waals surface area contributed by atoms with Gasteiger partial charge in [-0.25, -0.2) is 4.79 Å². The van der Waals surface area contributed by atoms with Gasteiger partial charge in [-0.2, -0.15) is 0 Å². The third-order valence-corrected chi connectivity index (χ3v) is 5.37. The van der Waals surface area contributed by atoms with Crippen LogP contribution in [0, 0.1) is 19.8 Å². The first-order valence-corrected chi connectivity index (χ1v) is 12.4. The van der Waals surface area contributed by atoms with E-state index in [2.05, 4.69) is 15.4 Å². The average molecular weight is 506 g/mol. The van der Waals surface area contributed by atoms with Crippen molar-refractivity contribution in [1.29, 1.82) is 0 Å². The molecule has 9 nitrogen and oxygen atoms in total. The zero-order valence-corrected chi connectivity index (χ0v) is 23.2. The number of rotatable bonds is 11. The second-order valence-corrected chi connectivity index (χ2v) is 10.4. The van der Waals surface area contributed by atoms with E-state index in [1.165, 1.54) is 12.0 Å². The van der Waals surface area contributed by atoms with Crippen LogP contribution in [0.4, 0.5) is 4.79 Å². The van der Waals surface area contributed by atoms with Crippen LogP contribution in [0.2, 0.25) is 0 Å². The van der Waals surface area contributed by atoms with Crippen LogP contribution in [-0.4, -0.2) is 60.6 Å². The Morgan fingerprint density at radius 3 is 2.25 bits per heavy atom. The third kappa shape index (κ3) is 9.87. The van der Waals surface area contributed by atoms with Crippen molar-refractivity contribution in [3.05, 3.63) is 34.9 Å². The Kier molecular flexibility index (Phi) is 11.9. The molecule has 0 saturated heterocycles. The molecule has 36 heavy (non-hydrogen) atoms. The Balaban J connectivity index is 3.50. The van der Waals surface area contributed by atoms with E-state index >= 15 is 0 Å². The largest absolute Gasteiger partial charge is 0.468 e. The molecule has 2 N–H and O–H groups in total. The molecule has 9 heteroatoms. The number of hydrogen-bond acceptors (Lipinski definition) is 6. The van der Waals surface area contributed by atoms with Crippen LogP contribution in [0.25, 0.3) is 0 Å². The van der Waals surface area contributed by atoms with Crippen molar-refractivity contribution < 1.29 is 28.7 Å². The predicted octanol–water partition coefficient (Wildman–Crippen LogP) is 3.81. The minimum Gasteiger partial charge on any atom is -0.468 e. The van der Waals surface area contributed by atoms with E-state index < -0.39 is 41.6 Å². The van der Waals surface area contributed by atoms with Gasteiger partial charge in [-0.3, -0.25) is 14.4 Å². The molecule has 0 aliphatic carbocycles. The summed E-state index contributed by atoms with van der Waals surface area (Å²) in [4.78, 5) is 53.2. The van der Waals surface area contributed by atoms with E-state index in [9.17, 15) is 19.2 Å². The summed E-state index contributed by atoms with van der Waals surface area (Å²) < 4.78 is 10.0. The Hall–Kier alpha value is -3.10. The fourth-order valence-electron chi connectivity index (χ4n) is 3.78. The Morgan fingerprint density at radius 1 is 1.08 bits per heavy atom. The van der Waals surface area contributed by atoms with Gasteiger partial charge in [0, 0.05) is 6.54 Å². The molecule has 202 valence electrons. The van der Waals surface area contributed by atoms with Gasteiger partial charge in [0.15, 0.2) is 0 Å². The lowest BCUT2D eigenvalue weighted by Gasteiger charge is -2.35. The van der Waals surface area contributed by atoms with Crippen LogP contribution in [0.15, 0.2) is 18.2 Å². The van der Waals surface area contributed by atoms with Gasteiger partial charge in [-0.15, -0.1) is 0 Å². The number of esters is 1. The predicted molar refractivity (Wildman–Crippen MR) is 138 cm³/mol. The van der Waals surface area contributed by atoms with Gasteiger partial charge in [0.05, 0.1) is 7.11 Å². The van der Waals surface area contributed by atoms with Gasteiger partial charge >= 0.3 is 12.1 Å². The van der Waals surface area contributed by atoms with Gasteiger partial charge in [0.1, 0.15) is 24.2 Å². The van der Waals surface area contributed by atoms with Crippen LogP contribution in [0.1, 0.15) is 77.1 Å². The molecule has 0 radical (unpaired) electrons. The van der Waals surface area contributed by atoms with Gasteiger partial charge in [-0.05, 0) is 64.5 Å². The van der Waals surface area contributed by atoms with E-state index in [1.54, 1.807) is 20.8 Å². The monoisotopic (exact) mass is 505 g/mol. The minimum absolute atomic E-state index is 0.0877. The highest BCUT2D eigenvalue weighted by Gasteiger charge is 2.37. The number of hydrogen-bond donors (Lipinski definition) is 2. The normalized spacial score (nSPS) is 12.9. The maximum Gasteiger partial charge on any atom is 0.408 e. The van der Waals surface area contributed by atoms with E-state index in [0.717, 1.165) is 11.1 Å². The number of aryl methyl sites for hydroxylation is 2. The summed E-state index contributed by atoms with van der Waals surface area (Å²) >= 11 is 0. The molecule has 3 amide bonds. The molecular weight excluding hydrogens is 462 g/mol. The molecular formula is C27H43N3O6. The first kappa shape index (κ1) is 30.9. The Labute approximate surface area is 215 Å². The van der Waals surface area contributed by atoms with Gasteiger partial charge in [0.2, 0.25) is 11.8 Å². The molecule has 1 aromatic rings. The molecule has 0 bridgehead atoms. The number of carbonyl (C=O) groups is 4. The fourth-order valence-corrected chi connectivity index (χ4v) is 3.78. The topological polar surface area (TPSA) is 114 Å². The number of methoxy groups -OCH3 is 1. The Bertz CT molecular complexity index is 923. The number of alkyl carbamates (subject to hydrolysis) is 1. The van der Waals surface area contributed by atoms with Crippen LogP contribution in [0.5, 0.6) is 0 Å². The summed E-state index contributed by atoms with van der Waals surface area (Å²) in [6.45, 7) is 14.8. The fraction of sp³-hybridized carbons (Fsp3) is 0.630. The van der Waals surface area contributed by atoms with Crippen molar-refractivity contribution in [2.24, 2.45) is 5.92 Å². The molecule has 0 heterocycles. The van der Waals surface area contributed by atoms with Gasteiger partial charge in [-0.1, -0.05) is 44.5 Å². The van der Waals surface area contributed by atoms with Crippen molar-refractivity contribution in [2.75, 3.05) is 20.2 Å². The SMILES string of the molecule is CCCN(C(=O)C(CC(C)C)NC(=O)OC(C)(C)C)C(C(=O)NCC(=O)OC)c1cc(C)ccc1C. The maximum atomic E-state index is 14.0. The molecule has 0 saturated carbocycles. The van der Waals surface area contributed by atoms with E-state index in [4.69, 9.17) is 4.74 Å². The smallest absolute Gasteiger partial charge is 0.408 e. The second-order valence-electron chi connectivity index (χ2n) is 10.4. The molecule has 2 unspecified atom stereocenters. The van der Waals surface area contributed by atoms with E-state index in [1.807, 2.05) is 52.8 Å². The van der Waals surface area contributed by atoms with Crippen LogP contribution >= 0.6 is 0 Å². The second kappa shape index (κ2) is 13.8. The van der Waals surface area contributed by atoms with Crippen molar-refractivity contribution in [3.8, 4) is 0 Å². The van der Waals surface area contributed by atoms with Crippen molar-refractivity contribution >= 4 is 23.9 Å². The molecule has 0 aromatic heterocycles. The quantitative estimate of drug-likeness (QED) is 0.442. The number of carbonyl (C=O) groups excluding carboxylic acids is 4. The zero-order chi connectivity index (χ0) is 27.6. The first-order chi connectivity index (χ1) is 16.7. The molecule has 1 rings (SSSR count). The van der Waals surface area contributed by atoms with Crippen LogP contribution < -0.4 is 10.6 Å². The highest BCUT2D eigenvalue weighted by Crippen LogP contribution is 2.27. The summed E-state index contributed by atoms with van der Waals surface area (Å²) in [5, 5.41) is 5.32. The van der Waals surface area contributed by atoms with Crippen LogP contribution in [0.3, 0.4) is 0 Å². The summed E-state index contributed by atoms with van der Waals surface area (Å²) in [5.74, 6) is -1.41. The van der Waals surface area contributed by atoms with Gasteiger partial charge < -0.3 is 25.0 Å². The molecule has 1 aromatic carbocycles. The lowest BCUT2D eigenvalue weighted by Crippen LogP contribution is -2.54. The Morgan fingerprint density at radius 2 is 1.72 bits per heavy atom. The summed E-state index contributed by atoms with van der Waals surface area (Å²) in [7, 11) is 1.24. The molecule has 2 atom stereocenters. The van der Waals surface area contributed by atoms with Crippen LogP contribution in [-0.2, 0) is 23.9 Å². The molecule has 0 spiro atoms. The van der Waals surface area contributed by atoms with Crippen molar-refractivity contribution in [1.82, 2.24) is 15.5 Å². The minimum atomic E-state index is -1.00. The standard InChI is InChI=1S/C27H43N3O6/c1-10-13-30(25(33)21(14-17(2)3)29-26(34)36-27(6,7)8)23(24(32)28-16-22(31)35-9)20-15-18(4)11-12-19(20)5/h11-12,15,17,21,23H,10,13-14,16H2,1-9H3,(H,28,32)(H,29,34). The third-order valence-electron chi connectivity index (χ3n) is 5.37. The number of benzene rings is 1. The van der Waals surface area contributed by atoms with Crippen molar-refractivity contribution in [2.45, 2.75) is 85.9 Å². The zero-order valence-electron chi connectivity index (χ0n) is 23.2. The summed E-state index contributed by atoms with van der Waals surface area (Å²) in [6.07, 6.45) is 0.246. The molecule has 0 aliphatic heterocycles. The molecule has 0 aliphatic rings. The molecule has 0 fully saturated rings. The van der Waals surface area contributed by atoms with Crippen molar-refractivity contribution in [3.63, 3.8) is 0 Å². The maximum absolute atomic E-state index is 14.0. The lowest BCUT2D eigenvalue weighted by atomic mass is 9.95. The van der Waals surface area contributed by atoms with E-state index in [-0.39, 0.29) is 19.0 Å². The summed E-state index contributed by atoms with van der Waals surface area (Å²) in [5.41, 5.74) is 1.68. The lowest BCUT2D eigenvalue weighted by molar-refractivity contribution is -0.145. The number of nitrogens with one attached hydrogen (secondary N) is 2.